The van der Waals surface area contributed by atoms with Crippen molar-refractivity contribution in [2.75, 3.05) is 6.54 Å². The number of halogens is 5. The number of carbonyl (C=O) groups is 1. The van der Waals surface area contributed by atoms with Crippen LogP contribution >= 0.6 is 34.8 Å². The first-order valence-electron chi connectivity index (χ1n) is 11.2. The van der Waals surface area contributed by atoms with Crippen LogP contribution in [0, 0.1) is 23.5 Å². The second-order valence-corrected chi connectivity index (χ2v) is 10.4. The number of rotatable bonds is 4. The summed E-state index contributed by atoms with van der Waals surface area (Å²) < 4.78 is 27.1. The van der Waals surface area contributed by atoms with Gasteiger partial charge in [0.25, 0.3) is 0 Å². The van der Waals surface area contributed by atoms with Gasteiger partial charge in [0, 0.05) is 34.1 Å². The lowest BCUT2D eigenvalue weighted by Crippen LogP contribution is -2.32. The molecule has 1 aliphatic carbocycles. The van der Waals surface area contributed by atoms with Gasteiger partial charge in [-0.2, -0.15) is 0 Å². The predicted molar refractivity (Wildman–Crippen MR) is 131 cm³/mol. The standard InChI is InChI=1S/C27H22Cl3F2NO/c28-17-4-2-16(3-5-17)26-20(19-7-6-18(29)12-23(19)30)8-9-21-22(26)14-33(27(21)34)13-15-1-10-24(31)25(32)11-15/h1-7,10-12,20-22,26H,8-9,13-14H2/t20?,21?,22-,26?/m0/s1. The normalized spacial score (nSPS) is 24.4. The van der Waals surface area contributed by atoms with Crippen molar-refractivity contribution in [2.24, 2.45) is 11.8 Å². The van der Waals surface area contributed by atoms with Crippen LogP contribution in [0.5, 0.6) is 0 Å². The third kappa shape index (κ3) is 4.44. The highest BCUT2D eigenvalue weighted by atomic mass is 35.5. The van der Waals surface area contributed by atoms with Gasteiger partial charge in [-0.05, 0) is 83.7 Å². The van der Waals surface area contributed by atoms with Crippen molar-refractivity contribution in [2.45, 2.75) is 31.2 Å². The molecule has 7 heteroatoms. The first kappa shape index (κ1) is 23.6. The molecule has 4 atom stereocenters. The Labute approximate surface area is 212 Å². The molecule has 2 aliphatic rings. The Bertz CT molecular complexity index is 1230. The minimum Gasteiger partial charge on any atom is -0.338 e. The molecule has 1 heterocycles. The van der Waals surface area contributed by atoms with E-state index in [4.69, 9.17) is 34.8 Å². The molecular weight excluding hydrogens is 499 g/mol. The molecule has 2 fully saturated rings. The van der Waals surface area contributed by atoms with Crippen molar-refractivity contribution in [1.29, 1.82) is 0 Å². The average Bonchev–Trinajstić information content (AvgIpc) is 3.12. The summed E-state index contributed by atoms with van der Waals surface area (Å²) >= 11 is 18.9. The van der Waals surface area contributed by atoms with Gasteiger partial charge in [-0.3, -0.25) is 4.79 Å². The zero-order valence-corrected chi connectivity index (χ0v) is 20.4. The first-order valence-corrected chi connectivity index (χ1v) is 12.4. The van der Waals surface area contributed by atoms with Crippen LogP contribution in [-0.2, 0) is 11.3 Å². The van der Waals surface area contributed by atoms with E-state index in [0.29, 0.717) is 27.2 Å². The van der Waals surface area contributed by atoms with E-state index in [0.717, 1.165) is 36.1 Å². The number of fused-ring (bicyclic) bond motifs is 1. The fraction of sp³-hybridized carbons (Fsp3) is 0.296. The van der Waals surface area contributed by atoms with Crippen LogP contribution in [-0.4, -0.2) is 17.4 Å². The van der Waals surface area contributed by atoms with Crippen molar-refractivity contribution in [3.8, 4) is 0 Å². The van der Waals surface area contributed by atoms with E-state index >= 15 is 0 Å². The van der Waals surface area contributed by atoms with Crippen LogP contribution in [0.3, 0.4) is 0 Å². The number of hydrogen-bond donors (Lipinski definition) is 0. The number of benzene rings is 3. The molecule has 0 bridgehead atoms. The molecule has 1 aliphatic heterocycles. The summed E-state index contributed by atoms with van der Waals surface area (Å²) in [4.78, 5) is 15.1. The van der Waals surface area contributed by atoms with Gasteiger partial charge in [0.2, 0.25) is 5.91 Å². The monoisotopic (exact) mass is 519 g/mol. The van der Waals surface area contributed by atoms with Crippen LogP contribution in [0.1, 0.15) is 41.4 Å². The molecule has 0 aromatic heterocycles. The summed E-state index contributed by atoms with van der Waals surface area (Å²) in [5.74, 6) is -1.64. The molecule has 3 aromatic rings. The van der Waals surface area contributed by atoms with E-state index in [-0.39, 0.29) is 36.1 Å². The van der Waals surface area contributed by atoms with Gasteiger partial charge in [-0.1, -0.05) is 59.1 Å². The molecular formula is C27H22Cl3F2NO. The molecule has 0 radical (unpaired) electrons. The molecule has 5 rings (SSSR count). The van der Waals surface area contributed by atoms with Crippen molar-refractivity contribution in [3.05, 3.63) is 104 Å². The lowest BCUT2D eigenvalue weighted by molar-refractivity contribution is -0.132. The van der Waals surface area contributed by atoms with E-state index in [2.05, 4.69) is 0 Å². The largest absolute Gasteiger partial charge is 0.338 e. The van der Waals surface area contributed by atoms with E-state index in [9.17, 15) is 13.6 Å². The minimum absolute atomic E-state index is 0.0496. The third-order valence-electron chi connectivity index (χ3n) is 7.23. The maximum absolute atomic E-state index is 13.8. The lowest BCUT2D eigenvalue weighted by atomic mass is 9.63. The van der Waals surface area contributed by atoms with E-state index < -0.39 is 11.6 Å². The zero-order chi connectivity index (χ0) is 24.0. The second-order valence-electron chi connectivity index (χ2n) is 9.16. The van der Waals surface area contributed by atoms with Crippen molar-refractivity contribution in [1.82, 2.24) is 4.90 Å². The van der Waals surface area contributed by atoms with Crippen LogP contribution in [0.25, 0.3) is 0 Å². The summed E-state index contributed by atoms with van der Waals surface area (Å²) in [5.41, 5.74) is 2.71. The second kappa shape index (κ2) is 9.49. The van der Waals surface area contributed by atoms with Gasteiger partial charge < -0.3 is 4.90 Å². The molecule has 0 N–H and O–H groups in total. The highest BCUT2D eigenvalue weighted by molar-refractivity contribution is 6.35. The van der Waals surface area contributed by atoms with Gasteiger partial charge >= 0.3 is 0 Å². The van der Waals surface area contributed by atoms with Crippen molar-refractivity contribution in [3.63, 3.8) is 0 Å². The third-order valence-corrected chi connectivity index (χ3v) is 8.05. The topological polar surface area (TPSA) is 20.3 Å². The predicted octanol–water partition coefficient (Wildman–Crippen LogP) is 7.86. The van der Waals surface area contributed by atoms with Gasteiger partial charge in [-0.15, -0.1) is 0 Å². The Kier molecular flexibility index (Phi) is 6.58. The van der Waals surface area contributed by atoms with E-state index in [1.54, 1.807) is 11.0 Å². The Balaban J connectivity index is 1.50. The van der Waals surface area contributed by atoms with Crippen LogP contribution in [0.4, 0.5) is 8.78 Å². The summed E-state index contributed by atoms with van der Waals surface area (Å²) in [7, 11) is 0. The Hall–Kier alpha value is -2.14. The van der Waals surface area contributed by atoms with E-state index in [1.165, 1.54) is 6.07 Å². The summed E-state index contributed by atoms with van der Waals surface area (Å²) in [6.45, 7) is 0.792. The van der Waals surface area contributed by atoms with Gasteiger partial charge in [-0.25, -0.2) is 8.78 Å². The molecule has 1 saturated heterocycles. The minimum atomic E-state index is -0.905. The Morgan fingerprint density at radius 3 is 2.24 bits per heavy atom. The number of hydrogen-bond acceptors (Lipinski definition) is 1. The van der Waals surface area contributed by atoms with Crippen LogP contribution in [0.15, 0.2) is 60.7 Å². The fourth-order valence-electron chi connectivity index (χ4n) is 5.74. The molecule has 176 valence electrons. The van der Waals surface area contributed by atoms with Gasteiger partial charge in [0.05, 0.1) is 0 Å². The molecule has 3 aromatic carbocycles. The quantitative estimate of drug-likeness (QED) is 0.343. The Morgan fingerprint density at radius 2 is 1.53 bits per heavy atom. The number of likely N-dealkylation sites (tertiary alicyclic amines) is 1. The van der Waals surface area contributed by atoms with Gasteiger partial charge in [0.15, 0.2) is 11.6 Å². The number of nitrogens with zero attached hydrogens (tertiary/aromatic N) is 1. The Morgan fingerprint density at radius 1 is 0.824 bits per heavy atom. The zero-order valence-electron chi connectivity index (χ0n) is 18.2. The average molecular weight is 521 g/mol. The maximum atomic E-state index is 13.8. The molecule has 2 nitrogen and oxygen atoms in total. The maximum Gasteiger partial charge on any atom is 0.226 e. The summed E-state index contributed by atoms with van der Waals surface area (Å²) in [5, 5.41) is 1.86. The van der Waals surface area contributed by atoms with E-state index in [1.807, 2.05) is 36.4 Å². The van der Waals surface area contributed by atoms with Gasteiger partial charge in [0.1, 0.15) is 0 Å². The lowest BCUT2D eigenvalue weighted by Gasteiger charge is -2.40. The molecule has 0 spiro atoms. The fourth-order valence-corrected chi connectivity index (χ4v) is 6.42. The number of amides is 1. The molecule has 1 amide bonds. The first-order chi connectivity index (χ1) is 16.3. The van der Waals surface area contributed by atoms with Crippen LogP contribution in [0.2, 0.25) is 15.1 Å². The van der Waals surface area contributed by atoms with Crippen molar-refractivity contribution < 1.29 is 13.6 Å². The van der Waals surface area contributed by atoms with Crippen LogP contribution < -0.4 is 0 Å². The highest BCUT2D eigenvalue weighted by Gasteiger charge is 2.50. The molecule has 34 heavy (non-hydrogen) atoms. The summed E-state index contributed by atoms with van der Waals surface area (Å²) in [6, 6.07) is 17.2. The molecule has 1 saturated carbocycles. The SMILES string of the molecule is O=C1C2CCC(c3ccc(Cl)cc3Cl)C(c3ccc(Cl)cc3)[C@H]2CN1Cc1ccc(F)c(F)c1. The smallest absolute Gasteiger partial charge is 0.226 e. The van der Waals surface area contributed by atoms with Crippen molar-refractivity contribution >= 4 is 40.7 Å². The molecule has 3 unspecified atom stereocenters. The summed E-state index contributed by atoms with van der Waals surface area (Å²) in [6.07, 6.45) is 1.55. The highest BCUT2D eigenvalue weighted by Crippen LogP contribution is 2.54. The number of carbonyl (C=O) groups excluding carboxylic acids is 1.